The number of nitrogens with one attached hydrogen (secondary N) is 1. The number of rotatable bonds is 4. The van der Waals surface area contributed by atoms with Crippen molar-refractivity contribution in [2.24, 2.45) is 4.99 Å². The summed E-state index contributed by atoms with van der Waals surface area (Å²) in [7, 11) is 0. The number of hydrogen-bond acceptors (Lipinski definition) is 4. The minimum atomic E-state index is -0.738. The number of piperazine rings is 1. The van der Waals surface area contributed by atoms with Gasteiger partial charge in [-0.3, -0.25) is 4.99 Å². The maximum atomic E-state index is 10.7. The highest BCUT2D eigenvalue weighted by Crippen LogP contribution is 2.26. The van der Waals surface area contributed by atoms with Gasteiger partial charge in [-0.15, -0.1) is 24.0 Å². The number of aliphatic hydroxyl groups is 1. The molecule has 0 aromatic heterocycles. The Bertz CT molecular complexity index is 617. The normalized spacial score (nSPS) is 20.2. The van der Waals surface area contributed by atoms with Gasteiger partial charge in [-0.2, -0.15) is 0 Å². The molecule has 0 unspecified atom stereocenters. The molecule has 0 bridgehead atoms. The summed E-state index contributed by atoms with van der Waals surface area (Å²) >= 11 is 6.33. The highest BCUT2D eigenvalue weighted by Gasteiger charge is 2.30. The Morgan fingerprint density at radius 2 is 1.89 bits per heavy atom. The highest BCUT2D eigenvalue weighted by atomic mass is 127. The monoisotopic (exact) mass is 508 g/mol. The molecule has 0 atom stereocenters. The van der Waals surface area contributed by atoms with E-state index in [4.69, 9.17) is 21.3 Å². The third kappa shape index (κ3) is 6.10. The quantitative estimate of drug-likeness (QED) is 0.372. The first kappa shape index (κ1) is 22.5. The summed E-state index contributed by atoms with van der Waals surface area (Å²) < 4.78 is 5.35. The Morgan fingerprint density at radius 1 is 1.22 bits per heavy atom. The van der Waals surface area contributed by atoms with E-state index in [1.807, 2.05) is 18.2 Å². The molecule has 152 valence electrons. The van der Waals surface area contributed by atoms with Crippen molar-refractivity contribution in [3.8, 4) is 0 Å². The fourth-order valence-electron chi connectivity index (χ4n) is 3.42. The summed E-state index contributed by atoms with van der Waals surface area (Å²) in [6.45, 7) is 8.06. The van der Waals surface area contributed by atoms with Gasteiger partial charge in [-0.05, 0) is 19.1 Å². The largest absolute Gasteiger partial charge is 0.388 e. The highest BCUT2D eigenvalue weighted by molar-refractivity contribution is 14.0. The van der Waals surface area contributed by atoms with Gasteiger partial charge in [-0.1, -0.05) is 23.7 Å². The number of guanidine groups is 1. The first-order valence-corrected chi connectivity index (χ1v) is 9.82. The zero-order valence-electron chi connectivity index (χ0n) is 15.9. The summed E-state index contributed by atoms with van der Waals surface area (Å²) in [6, 6.07) is 7.98. The number of nitrogens with zero attached hydrogens (tertiary/aromatic N) is 3. The molecule has 1 aromatic carbocycles. The average Bonchev–Trinajstić information content (AvgIpc) is 2.66. The Hall–Kier alpha value is -0.770. The standard InChI is InChI=1S/C19H29ClN4O2.HI/c1-2-21-18(22-15-19(25)7-13-26-14-8-19)24-11-9-23(10-12-24)17-6-4-3-5-16(17)20;/h3-6,25H,2,7-15H2,1H3,(H,21,22);1H. The molecule has 2 aliphatic heterocycles. The van der Waals surface area contributed by atoms with Crippen molar-refractivity contribution in [2.45, 2.75) is 25.4 Å². The van der Waals surface area contributed by atoms with Crippen molar-refractivity contribution in [1.29, 1.82) is 0 Å². The van der Waals surface area contributed by atoms with Crippen LogP contribution in [0.1, 0.15) is 19.8 Å². The van der Waals surface area contributed by atoms with E-state index in [0.717, 1.165) is 49.4 Å². The number of aliphatic imine (C=N–C) groups is 1. The Morgan fingerprint density at radius 3 is 2.52 bits per heavy atom. The van der Waals surface area contributed by atoms with E-state index >= 15 is 0 Å². The lowest BCUT2D eigenvalue weighted by Crippen LogP contribution is -2.53. The van der Waals surface area contributed by atoms with Crippen molar-refractivity contribution >= 4 is 47.2 Å². The van der Waals surface area contributed by atoms with E-state index in [1.165, 1.54) is 0 Å². The molecular weight excluding hydrogens is 479 g/mol. The number of ether oxygens (including phenoxy) is 1. The minimum absolute atomic E-state index is 0. The Labute approximate surface area is 183 Å². The topological polar surface area (TPSA) is 60.3 Å². The molecule has 27 heavy (non-hydrogen) atoms. The van der Waals surface area contributed by atoms with Crippen molar-refractivity contribution in [1.82, 2.24) is 10.2 Å². The van der Waals surface area contributed by atoms with E-state index in [2.05, 4.69) is 28.1 Å². The van der Waals surface area contributed by atoms with Crippen LogP contribution in [0.4, 0.5) is 5.69 Å². The molecule has 0 radical (unpaired) electrons. The van der Waals surface area contributed by atoms with Gasteiger partial charge in [0.2, 0.25) is 0 Å². The number of benzene rings is 1. The van der Waals surface area contributed by atoms with Crippen LogP contribution >= 0.6 is 35.6 Å². The van der Waals surface area contributed by atoms with Crippen LogP contribution < -0.4 is 10.2 Å². The molecule has 2 aliphatic rings. The van der Waals surface area contributed by atoms with Crippen LogP contribution in [0.5, 0.6) is 0 Å². The SMILES string of the molecule is CCNC(=NCC1(O)CCOCC1)N1CCN(c2ccccc2Cl)CC1.I. The zero-order valence-corrected chi connectivity index (χ0v) is 19.0. The van der Waals surface area contributed by atoms with Crippen LogP contribution in [-0.2, 0) is 4.74 Å². The summed E-state index contributed by atoms with van der Waals surface area (Å²) in [4.78, 5) is 9.31. The maximum absolute atomic E-state index is 10.7. The van der Waals surface area contributed by atoms with E-state index < -0.39 is 5.60 Å². The van der Waals surface area contributed by atoms with Crippen LogP contribution in [0.25, 0.3) is 0 Å². The molecule has 2 heterocycles. The second-order valence-electron chi connectivity index (χ2n) is 6.93. The van der Waals surface area contributed by atoms with Crippen molar-refractivity contribution in [2.75, 3.05) is 57.4 Å². The van der Waals surface area contributed by atoms with E-state index in [-0.39, 0.29) is 24.0 Å². The van der Waals surface area contributed by atoms with Gasteiger partial charge in [0.15, 0.2) is 5.96 Å². The molecular formula is C19H30ClIN4O2. The third-order valence-electron chi connectivity index (χ3n) is 5.05. The third-order valence-corrected chi connectivity index (χ3v) is 5.37. The second-order valence-corrected chi connectivity index (χ2v) is 7.34. The second kappa shape index (κ2) is 10.7. The number of hydrogen-bond donors (Lipinski definition) is 2. The maximum Gasteiger partial charge on any atom is 0.194 e. The number of para-hydroxylation sites is 1. The molecule has 0 amide bonds. The van der Waals surface area contributed by atoms with Crippen LogP contribution in [-0.4, -0.2) is 74.0 Å². The first-order valence-electron chi connectivity index (χ1n) is 9.44. The van der Waals surface area contributed by atoms with Gasteiger partial charge >= 0.3 is 0 Å². The lowest BCUT2D eigenvalue weighted by molar-refractivity contribution is -0.0566. The summed E-state index contributed by atoms with van der Waals surface area (Å²) in [5.74, 6) is 0.881. The minimum Gasteiger partial charge on any atom is -0.388 e. The van der Waals surface area contributed by atoms with Gasteiger partial charge in [0.05, 0.1) is 22.9 Å². The molecule has 2 saturated heterocycles. The lowest BCUT2D eigenvalue weighted by Gasteiger charge is -2.38. The summed E-state index contributed by atoms with van der Waals surface area (Å²) in [5.41, 5.74) is 0.352. The van der Waals surface area contributed by atoms with Gasteiger partial charge in [0, 0.05) is 58.8 Å². The number of halogens is 2. The van der Waals surface area contributed by atoms with Crippen molar-refractivity contribution in [3.63, 3.8) is 0 Å². The molecule has 6 nitrogen and oxygen atoms in total. The van der Waals surface area contributed by atoms with Gasteiger partial charge in [0.1, 0.15) is 0 Å². The molecule has 8 heteroatoms. The zero-order chi connectivity index (χ0) is 18.4. The lowest BCUT2D eigenvalue weighted by atomic mass is 9.95. The van der Waals surface area contributed by atoms with E-state index in [9.17, 15) is 5.11 Å². The Balaban J connectivity index is 0.00000261. The molecule has 2 fully saturated rings. The smallest absolute Gasteiger partial charge is 0.194 e. The van der Waals surface area contributed by atoms with E-state index in [1.54, 1.807) is 0 Å². The van der Waals surface area contributed by atoms with E-state index in [0.29, 0.717) is 32.6 Å². The number of anilines is 1. The fraction of sp³-hybridized carbons (Fsp3) is 0.632. The van der Waals surface area contributed by atoms with Crippen molar-refractivity contribution < 1.29 is 9.84 Å². The molecule has 0 aliphatic carbocycles. The Kier molecular flexibility index (Phi) is 8.91. The molecule has 2 N–H and O–H groups in total. The molecule has 3 rings (SSSR count). The predicted molar refractivity (Wildman–Crippen MR) is 122 cm³/mol. The molecule has 0 saturated carbocycles. The van der Waals surface area contributed by atoms with Crippen LogP contribution in [0.15, 0.2) is 29.3 Å². The summed E-state index contributed by atoms with van der Waals surface area (Å²) in [5, 5.41) is 14.8. The first-order chi connectivity index (χ1) is 12.6. The fourth-order valence-corrected chi connectivity index (χ4v) is 3.68. The van der Waals surface area contributed by atoms with Crippen LogP contribution in [0.3, 0.4) is 0 Å². The van der Waals surface area contributed by atoms with Crippen LogP contribution in [0.2, 0.25) is 5.02 Å². The van der Waals surface area contributed by atoms with Crippen molar-refractivity contribution in [3.05, 3.63) is 29.3 Å². The molecule has 0 spiro atoms. The molecule has 1 aromatic rings. The van der Waals surface area contributed by atoms with Gasteiger partial charge < -0.3 is 25.0 Å². The van der Waals surface area contributed by atoms with Crippen LogP contribution in [0, 0.1) is 0 Å². The van der Waals surface area contributed by atoms with Gasteiger partial charge in [0.25, 0.3) is 0 Å². The average molecular weight is 509 g/mol. The van der Waals surface area contributed by atoms with Gasteiger partial charge in [-0.25, -0.2) is 0 Å². The predicted octanol–water partition coefficient (Wildman–Crippen LogP) is 2.59. The summed E-state index contributed by atoms with van der Waals surface area (Å²) in [6.07, 6.45) is 1.30.